The Morgan fingerprint density at radius 2 is 2.09 bits per heavy atom. The predicted molar refractivity (Wildman–Crippen MR) is 134 cm³/mol. The van der Waals surface area contributed by atoms with Gasteiger partial charge in [0.1, 0.15) is 17.6 Å². The fourth-order valence-corrected chi connectivity index (χ4v) is 4.74. The van der Waals surface area contributed by atoms with E-state index in [1.807, 2.05) is 39.9 Å². The first-order valence-corrected chi connectivity index (χ1v) is 11.6. The number of hydrogen-bond donors (Lipinski definition) is 0. The maximum absolute atomic E-state index is 12.2. The number of imidazole rings is 1. The average molecular weight is 479 g/mol. The highest BCUT2D eigenvalue weighted by molar-refractivity contribution is 5.85. The lowest BCUT2D eigenvalue weighted by Gasteiger charge is -2.36. The van der Waals surface area contributed by atoms with Gasteiger partial charge in [0.15, 0.2) is 0 Å². The fourth-order valence-electron chi connectivity index (χ4n) is 4.74. The summed E-state index contributed by atoms with van der Waals surface area (Å²) in [7, 11) is 0. The Labute approximate surface area is 207 Å². The molecule has 1 atom stereocenters. The van der Waals surface area contributed by atoms with Gasteiger partial charge in [0.2, 0.25) is 5.91 Å². The molecule has 1 aromatic heterocycles. The number of rotatable bonds is 6. The molecule has 0 radical (unpaired) electrons. The quantitative estimate of drug-likeness (QED) is 0.455. The van der Waals surface area contributed by atoms with E-state index in [2.05, 4.69) is 30.1 Å². The molecule has 0 spiro atoms. The van der Waals surface area contributed by atoms with Crippen LogP contribution in [0.1, 0.15) is 56.2 Å². The Kier molecular flexibility index (Phi) is 8.36. The van der Waals surface area contributed by atoms with Crippen molar-refractivity contribution >= 4 is 18.3 Å². The monoisotopic (exact) mass is 478 g/mol. The number of hydrogen-bond acceptors (Lipinski definition) is 4. The van der Waals surface area contributed by atoms with Crippen molar-refractivity contribution in [1.29, 1.82) is 5.26 Å². The zero-order chi connectivity index (χ0) is 23.3. The van der Waals surface area contributed by atoms with Crippen LogP contribution in [0.2, 0.25) is 0 Å². The number of ether oxygens (including phenoxy) is 1. The van der Waals surface area contributed by atoms with E-state index in [9.17, 15) is 10.1 Å². The molecule has 1 amide bonds. The van der Waals surface area contributed by atoms with Crippen LogP contribution in [-0.2, 0) is 16.8 Å². The Hall–Kier alpha value is -3.30. The second-order valence-electron chi connectivity index (χ2n) is 8.84. The van der Waals surface area contributed by atoms with Gasteiger partial charge < -0.3 is 14.2 Å². The maximum atomic E-state index is 12.2. The lowest BCUT2D eigenvalue weighted by atomic mass is 9.74. The summed E-state index contributed by atoms with van der Waals surface area (Å²) in [5, 5.41) is 9.61. The minimum atomic E-state index is -0.0944. The molecule has 1 aliphatic heterocycles. The molecule has 34 heavy (non-hydrogen) atoms. The Morgan fingerprint density at radius 1 is 1.24 bits per heavy atom. The van der Waals surface area contributed by atoms with Gasteiger partial charge in [-0.05, 0) is 54.7 Å². The number of benzene rings is 2. The summed E-state index contributed by atoms with van der Waals surface area (Å²) in [4.78, 5) is 18.2. The van der Waals surface area contributed by atoms with Crippen LogP contribution in [0.3, 0.4) is 0 Å². The molecule has 0 N–H and O–H groups in total. The third-order valence-electron chi connectivity index (χ3n) is 6.71. The van der Waals surface area contributed by atoms with Crippen molar-refractivity contribution in [3.63, 3.8) is 0 Å². The second-order valence-corrected chi connectivity index (χ2v) is 8.84. The number of amides is 1. The first-order valence-electron chi connectivity index (χ1n) is 11.6. The van der Waals surface area contributed by atoms with E-state index in [0.717, 1.165) is 44.3 Å². The smallest absolute Gasteiger partial charge is 0.219 e. The highest BCUT2D eigenvalue weighted by Gasteiger charge is 2.35. The molecule has 4 rings (SSSR count). The van der Waals surface area contributed by atoms with Crippen molar-refractivity contribution < 1.29 is 9.53 Å². The fraction of sp³-hybridized carbons (Fsp3) is 0.370. The number of halogens is 1. The summed E-state index contributed by atoms with van der Waals surface area (Å²) in [6.07, 6.45) is 9.54. The number of carbonyl (C=O) groups is 1. The molecule has 2 heterocycles. The van der Waals surface area contributed by atoms with Crippen LogP contribution < -0.4 is 4.74 Å². The molecule has 1 saturated heterocycles. The molecule has 1 fully saturated rings. The Balaban J connectivity index is 0.00000324. The zero-order valence-electron chi connectivity index (χ0n) is 19.7. The van der Waals surface area contributed by atoms with Gasteiger partial charge in [-0.25, -0.2) is 4.98 Å². The zero-order valence-corrected chi connectivity index (χ0v) is 20.6. The van der Waals surface area contributed by atoms with Crippen molar-refractivity contribution in [2.45, 2.75) is 51.5 Å². The molecule has 0 saturated carbocycles. The molecule has 7 heteroatoms. The summed E-state index contributed by atoms with van der Waals surface area (Å²) in [6.45, 7) is 6.06. The first kappa shape index (κ1) is 25.3. The van der Waals surface area contributed by atoms with Crippen LogP contribution in [0.5, 0.6) is 11.5 Å². The van der Waals surface area contributed by atoms with E-state index in [4.69, 9.17) is 4.74 Å². The molecular weight excluding hydrogens is 448 g/mol. The van der Waals surface area contributed by atoms with Crippen molar-refractivity contribution in [2.24, 2.45) is 0 Å². The Bertz CT molecular complexity index is 1160. The van der Waals surface area contributed by atoms with Gasteiger partial charge in [0, 0.05) is 44.4 Å². The van der Waals surface area contributed by atoms with Gasteiger partial charge in [0.05, 0.1) is 11.9 Å². The molecule has 6 nitrogen and oxygen atoms in total. The third kappa shape index (κ3) is 5.60. The lowest BCUT2D eigenvalue weighted by Crippen LogP contribution is -2.41. The minimum Gasteiger partial charge on any atom is -0.456 e. The third-order valence-corrected chi connectivity index (χ3v) is 6.71. The van der Waals surface area contributed by atoms with Gasteiger partial charge in [-0.2, -0.15) is 5.26 Å². The van der Waals surface area contributed by atoms with E-state index in [1.165, 1.54) is 5.56 Å². The van der Waals surface area contributed by atoms with Gasteiger partial charge in [-0.3, -0.25) is 4.79 Å². The van der Waals surface area contributed by atoms with Crippen LogP contribution in [-0.4, -0.2) is 33.4 Å². The van der Waals surface area contributed by atoms with Gasteiger partial charge in [-0.15, -0.1) is 12.4 Å². The largest absolute Gasteiger partial charge is 0.456 e. The second kappa shape index (κ2) is 11.2. The lowest BCUT2D eigenvalue weighted by molar-refractivity contribution is -0.129. The van der Waals surface area contributed by atoms with E-state index in [1.54, 1.807) is 25.5 Å². The van der Waals surface area contributed by atoms with Crippen LogP contribution in [0.25, 0.3) is 0 Å². The predicted octanol–water partition coefficient (Wildman–Crippen LogP) is 5.70. The SMILES string of the molecule is CCC1(c2cccc(Oc3cc(Cn4ccnc4)ccc3C#N)c2)CCCCN(C(C)=O)C1.Cl. The molecule has 2 aromatic carbocycles. The number of likely N-dealkylation sites (tertiary alicyclic amines) is 1. The van der Waals surface area contributed by atoms with Crippen molar-refractivity contribution in [1.82, 2.24) is 14.5 Å². The molecule has 178 valence electrons. The van der Waals surface area contributed by atoms with E-state index < -0.39 is 0 Å². The molecule has 1 aliphatic rings. The highest BCUT2D eigenvalue weighted by atomic mass is 35.5. The minimum absolute atomic E-state index is 0. The normalized spacial score (nSPS) is 17.9. The van der Waals surface area contributed by atoms with E-state index in [-0.39, 0.29) is 23.7 Å². The van der Waals surface area contributed by atoms with Crippen LogP contribution >= 0.6 is 12.4 Å². The number of nitriles is 1. The topological polar surface area (TPSA) is 71.2 Å². The van der Waals surface area contributed by atoms with E-state index in [0.29, 0.717) is 23.6 Å². The van der Waals surface area contributed by atoms with E-state index >= 15 is 0 Å². The summed E-state index contributed by atoms with van der Waals surface area (Å²) >= 11 is 0. The number of aromatic nitrogens is 2. The summed E-state index contributed by atoms with van der Waals surface area (Å²) in [6, 6.07) is 16.1. The van der Waals surface area contributed by atoms with Gasteiger partial charge >= 0.3 is 0 Å². The molecule has 0 aliphatic carbocycles. The van der Waals surface area contributed by atoms with Crippen molar-refractivity contribution in [3.8, 4) is 17.6 Å². The standard InChI is InChI=1S/C27H30N4O2.ClH/c1-3-27(11-4-5-13-31(19-27)21(2)32)24-7-6-8-25(16-24)33-26-15-22(9-10-23(26)17-28)18-30-14-12-29-20-30;/h6-10,12,14-16,20H,3-5,11,13,18-19H2,1-2H3;1H. The first-order chi connectivity index (χ1) is 16.0. The molecule has 0 bridgehead atoms. The van der Waals surface area contributed by atoms with Crippen LogP contribution in [0.15, 0.2) is 61.2 Å². The highest BCUT2D eigenvalue weighted by Crippen LogP contribution is 2.39. The number of nitrogens with zero attached hydrogens (tertiary/aromatic N) is 4. The average Bonchev–Trinajstić information content (AvgIpc) is 3.22. The maximum Gasteiger partial charge on any atom is 0.219 e. The molecular formula is C27H31ClN4O2. The van der Waals surface area contributed by atoms with Crippen molar-refractivity contribution in [2.75, 3.05) is 13.1 Å². The summed E-state index contributed by atoms with van der Waals surface area (Å²) < 4.78 is 8.23. The van der Waals surface area contributed by atoms with Gasteiger partial charge in [0.25, 0.3) is 0 Å². The van der Waals surface area contributed by atoms with Crippen LogP contribution in [0.4, 0.5) is 0 Å². The van der Waals surface area contributed by atoms with Gasteiger partial charge in [-0.1, -0.05) is 31.5 Å². The summed E-state index contributed by atoms with van der Waals surface area (Å²) in [5.74, 6) is 1.38. The molecule has 3 aromatic rings. The summed E-state index contributed by atoms with van der Waals surface area (Å²) in [5.41, 5.74) is 2.62. The molecule has 1 unspecified atom stereocenters. The van der Waals surface area contributed by atoms with Crippen LogP contribution in [0, 0.1) is 11.3 Å². The number of carbonyl (C=O) groups excluding carboxylic acids is 1. The Morgan fingerprint density at radius 3 is 2.79 bits per heavy atom. The van der Waals surface area contributed by atoms with Crippen molar-refractivity contribution in [3.05, 3.63) is 77.9 Å².